The topological polar surface area (TPSA) is 91.6 Å². The van der Waals surface area contributed by atoms with Gasteiger partial charge in [0.15, 0.2) is 0 Å². The molecule has 1 aliphatic rings. The normalized spacial score (nSPS) is 21.6. The van der Waals surface area contributed by atoms with Gasteiger partial charge in [0.2, 0.25) is 5.76 Å². The lowest BCUT2D eigenvalue weighted by molar-refractivity contribution is 0.0660. The highest BCUT2D eigenvalue weighted by Gasteiger charge is 2.23. The summed E-state index contributed by atoms with van der Waals surface area (Å²) in [5.41, 5.74) is 0. The first kappa shape index (κ1) is 14.4. The standard InChI is InChI=1S/C14H20N2O4/c1-9-3-2-4-10(9)7-15-14(19)16-8-11-5-6-12(20-11)13(17)18/h5-6,9-10H,2-4,7-8H2,1H3,(H,17,18)(H2,15,16,19). The van der Waals surface area contributed by atoms with E-state index in [0.29, 0.717) is 24.1 Å². The van der Waals surface area contributed by atoms with Gasteiger partial charge in [0.05, 0.1) is 6.54 Å². The van der Waals surface area contributed by atoms with E-state index in [4.69, 9.17) is 9.52 Å². The zero-order valence-corrected chi connectivity index (χ0v) is 11.5. The number of carbonyl (C=O) groups is 2. The van der Waals surface area contributed by atoms with E-state index in [-0.39, 0.29) is 18.3 Å². The summed E-state index contributed by atoms with van der Waals surface area (Å²) in [6.07, 6.45) is 3.64. The third-order valence-electron chi connectivity index (χ3n) is 3.86. The summed E-state index contributed by atoms with van der Waals surface area (Å²) in [5.74, 6) is 0.408. The summed E-state index contributed by atoms with van der Waals surface area (Å²) >= 11 is 0. The molecule has 1 fully saturated rings. The molecule has 6 heteroatoms. The van der Waals surface area contributed by atoms with Crippen molar-refractivity contribution in [2.75, 3.05) is 6.54 Å². The molecule has 2 atom stereocenters. The number of aromatic carboxylic acids is 1. The average molecular weight is 280 g/mol. The van der Waals surface area contributed by atoms with Gasteiger partial charge in [-0.3, -0.25) is 0 Å². The van der Waals surface area contributed by atoms with Crippen LogP contribution in [0.15, 0.2) is 16.5 Å². The first-order valence-corrected chi connectivity index (χ1v) is 6.90. The molecule has 0 aromatic carbocycles. The minimum Gasteiger partial charge on any atom is -0.475 e. The largest absolute Gasteiger partial charge is 0.475 e. The smallest absolute Gasteiger partial charge is 0.371 e. The van der Waals surface area contributed by atoms with Crippen LogP contribution in [-0.2, 0) is 6.54 Å². The van der Waals surface area contributed by atoms with Gasteiger partial charge in [-0.05, 0) is 30.4 Å². The van der Waals surface area contributed by atoms with Gasteiger partial charge in [-0.2, -0.15) is 0 Å². The molecule has 1 saturated carbocycles. The third-order valence-corrected chi connectivity index (χ3v) is 3.86. The molecular formula is C14H20N2O4. The van der Waals surface area contributed by atoms with Crippen molar-refractivity contribution in [3.05, 3.63) is 23.7 Å². The van der Waals surface area contributed by atoms with Crippen molar-refractivity contribution in [2.45, 2.75) is 32.7 Å². The van der Waals surface area contributed by atoms with E-state index in [0.717, 1.165) is 0 Å². The maximum Gasteiger partial charge on any atom is 0.371 e. The Bertz CT molecular complexity index is 483. The molecule has 0 saturated heterocycles. The predicted octanol–water partition coefficient (Wildman–Crippen LogP) is 2.21. The number of hydrogen-bond acceptors (Lipinski definition) is 3. The van der Waals surface area contributed by atoms with Crippen molar-refractivity contribution in [3.8, 4) is 0 Å². The minimum absolute atomic E-state index is 0.123. The molecule has 2 amide bonds. The molecule has 3 N–H and O–H groups in total. The Morgan fingerprint density at radius 2 is 2.15 bits per heavy atom. The van der Waals surface area contributed by atoms with Gasteiger partial charge in [-0.25, -0.2) is 9.59 Å². The van der Waals surface area contributed by atoms with Crippen LogP contribution in [0.2, 0.25) is 0 Å². The number of carboxylic acids is 1. The number of urea groups is 1. The molecule has 20 heavy (non-hydrogen) atoms. The Kier molecular flexibility index (Phi) is 4.65. The number of hydrogen-bond donors (Lipinski definition) is 3. The number of carboxylic acid groups (broad SMARTS) is 1. The highest BCUT2D eigenvalue weighted by Crippen LogP contribution is 2.30. The Morgan fingerprint density at radius 1 is 1.35 bits per heavy atom. The van der Waals surface area contributed by atoms with E-state index < -0.39 is 5.97 Å². The summed E-state index contributed by atoms with van der Waals surface area (Å²) < 4.78 is 5.05. The molecule has 2 rings (SSSR count). The van der Waals surface area contributed by atoms with Gasteiger partial charge in [0.1, 0.15) is 5.76 Å². The van der Waals surface area contributed by atoms with Gasteiger partial charge in [-0.1, -0.05) is 19.8 Å². The van der Waals surface area contributed by atoms with Crippen LogP contribution >= 0.6 is 0 Å². The second-order valence-electron chi connectivity index (χ2n) is 5.30. The molecule has 0 aliphatic heterocycles. The van der Waals surface area contributed by atoms with Crippen molar-refractivity contribution >= 4 is 12.0 Å². The minimum atomic E-state index is -1.11. The summed E-state index contributed by atoms with van der Waals surface area (Å²) in [6.45, 7) is 3.08. The maximum atomic E-state index is 11.6. The van der Waals surface area contributed by atoms with Gasteiger partial charge >= 0.3 is 12.0 Å². The Hall–Kier alpha value is -1.98. The van der Waals surface area contributed by atoms with Gasteiger partial charge < -0.3 is 20.2 Å². The number of furan rings is 1. The fraction of sp³-hybridized carbons (Fsp3) is 0.571. The van der Waals surface area contributed by atoms with Crippen LogP contribution < -0.4 is 10.6 Å². The number of carbonyl (C=O) groups excluding carboxylic acids is 1. The van der Waals surface area contributed by atoms with Crippen molar-refractivity contribution in [2.24, 2.45) is 11.8 Å². The fourth-order valence-electron chi connectivity index (χ4n) is 2.57. The lowest BCUT2D eigenvalue weighted by Gasteiger charge is -2.15. The van der Waals surface area contributed by atoms with Crippen LogP contribution in [0.3, 0.4) is 0 Å². The van der Waals surface area contributed by atoms with E-state index >= 15 is 0 Å². The summed E-state index contributed by atoms with van der Waals surface area (Å²) in [4.78, 5) is 22.3. The van der Waals surface area contributed by atoms with Crippen molar-refractivity contribution in [3.63, 3.8) is 0 Å². The highest BCUT2D eigenvalue weighted by atomic mass is 16.4. The monoisotopic (exact) mass is 280 g/mol. The highest BCUT2D eigenvalue weighted by molar-refractivity contribution is 5.84. The molecule has 1 heterocycles. The second-order valence-corrected chi connectivity index (χ2v) is 5.30. The van der Waals surface area contributed by atoms with Crippen LogP contribution in [-0.4, -0.2) is 23.7 Å². The number of amides is 2. The Balaban J connectivity index is 1.70. The van der Waals surface area contributed by atoms with Crippen LogP contribution in [0, 0.1) is 11.8 Å². The lowest BCUT2D eigenvalue weighted by Crippen LogP contribution is -2.38. The van der Waals surface area contributed by atoms with Gasteiger partial charge in [-0.15, -0.1) is 0 Å². The Morgan fingerprint density at radius 3 is 2.75 bits per heavy atom. The van der Waals surface area contributed by atoms with E-state index in [1.54, 1.807) is 6.07 Å². The van der Waals surface area contributed by atoms with Crippen LogP contribution in [0.5, 0.6) is 0 Å². The van der Waals surface area contributed by atoms with E-state index in [1.807, 2.05) is 0 Å². The van der Waals surface area contributed by atoms with Crippen molar-refractivity contribution < 1.29 is 19.1 Å². The molecule has 0 spiro atoms. The summed E-state index contributed by atoms with van der Waals surface area (Å²) in [7, 11) is 0. The van der Waals surface area contributed by atoms with Gasteiger partial charge in [0.25, 0.3) is 0 Å². The molecule has 0 radical (unpaired) electrons. The Labute approximate surface area is 117 Å². The first-order valence-electron chi connectivity index (χ1n) is 6.90. The summed E-state index contributed by atoms with van der Waals surface area (Å²) in [5, 5.41) is 14.2. The van der Waals surface area contributed by atoms with Gasteiger partial charge in [0, 0.05) is 6.54 Å². The first-order chi connectivity index (χ1) is 9.56. The number of nitrogens with one attached hydrogen (secondary N) is 2. The van der Waals surface area contributed by atoms with E-state index in [9.17, 15) is 9.59 Å². The molecule has 0 bridgehead atoms. The molecule has 2 unspecified atom stereocenters. The van der Waals surface area contributed by atoms with Crippen LogP contribution in [0.4, 0.5) is 4.79 Å². The maximum absolute atomic E-state index is 11.6. The SMILES string of the molecule is CC1CCCC1CNC(=O)NCc1ccc(C(=O)O)o1. The molecule has 6 nitrogen and oxygen atoms in total. The van der Waals surface area contributed by atoms with E-state index in [2.05, 4.69) is 17.6 Å². The molecule has 1 aromatic heterocycles. The fourth-order valence-corrected chi connectivity index (χ4v) is 2.57. The van der Waals surface area contributed by atoms with E-state index in [1.165, 1.54) is 25.3 Å². The summed E-state index contributed by atoms with van der Waals surface area (Å²) in [6, 6.07) is 2.66. The van der Waals surface area contributed by atoms with Crippen molar-refractivity contribution in [1.29, 1.82) is 0 Å². The predicted molar refractivity (Wildman–Crippen MR) is 72.4 cm³/mol. The zero-order chi connectivity index (χ0) is 14.5. The average Bonchev–Trinajstić information content (AvgIpc) is 3.03. The molecular weight excluding hydrogens is 260 g/mol. The second kappa shape index (κ2) is 6.45. The zero-order valence-electron chi connectivity index (χ0n) is 11.5. The molecule has 1 aromatic rings. The third kappa shape index (κ3) is 3.76. The van der Waals surface area contributed by atoms with Crippen LogP contribution in [0.25, 0.3) is 0 Å². The molecule has 1 aliphatic carbocycles. The lowest BCUT2D eigenvalue weighted by atomic mass is 9.98. The quantitative estimate of drug-likeness (QED) is 0.771. The van der Waals surface area contributed by atoms with Crippen molar-refractivity contribution in [1.82, 2.24) is 10.6 Å². The van der Waals surface area contributed by atoms with Crippen LogP contribution in [0.1, 0.15) is 42.5 Å². The molecule has 110 valence electrons. The number of rotatable bonds is 5.